The fourth-order valence-electron chi connectivity index (χ4n) is 2.66. The van der Waals surface area contributed by atoms with E-state index in [9.17, 15) is 4.79 Å². The molecule has 0 saturated carbocycles. The van der Waals surface area contributed by atoms with Crippen LogP contribution in [0.4, 0.5) is 5.69 Å². The molecule has 0 aliphatic rings. The van der Waals surface area contributed by atoms with Crippen LogP contribution < -0.4 is 10.9 Å². The van der Waals surface area contributed by atoms with Crippen LogP contribution in [-0.2, 0) is 5.41 Å². The predicted molar refractivity (Wildman–Crippen MR) is 99.1 cm³/mol. The van der Waals surface area contributed by atoms with Gasteiger partial charge in [-0.25, -0.2) is 0 Å². The molecule has 7 heteroatoms. The second-order valence-electron chi connectivity index (χ2n) is 6.68. The fraction of sp³-hybridized carbons (Fsp3) is 0.222. The number of anilines is 1. The smallest absolute Gasteiger partial charge is 0.279 e. The number of aromatic nitrogens is 4. The van der Waals surface area contributed by atoms with E-state index in [2.05, 4.69) is 20.4 Å². The number of aromatic amines is 1. The Morgan fingerprint density at radius 1 is 1.28 bits per heavy atom. The van der Waals surface area contributed by atoms with Gasteiger partial charge in [0.25, 0.3) is 5.56 Å². The van der Waals surface area contributed by atoms with E-state index in [1.54, 1.807) is 6.20 Å². The zero-order valence-corrected chi connectivity index (χ0v) is 14.4. The quantitative estimate of drug-likeness (QED) is 0.638. The Morgan fingerprint density at radius 2 is 2.00 bits per heavy atom. The van der Waals surface area contributed by atoms with Gasteiger partial charge in [-0.1, -0.05) is 39.0 Å². The zero-order chi connectivity index (χ0) is 18.0. The van der Waals surface area contributed by atoms with Gasteiger partial charge in [0.2, 0.25) is 5.78 Å². The summed E-state index contributed by atoms with van der Waals surface area (Å²) in [5.74, 6) is 0.348. The number of nitrogens with one attached hydrogen (secondary N) is 3. The van der Waals surface area contributed by atoms with E-state index >= 15 is 0 Å². The van der Waals surface area contributed by atoms with Crippen molar-refractivity contribution in [3.63, 3.8) is 0 Å². The monoisotopic (exact) mass is 336 g/mol. The first-order valence-electron chi connectivity index (χ1n) is 7.91. The van der Waals surface area contributed by atoms with Crippen molar-refractivity contribution in [3.8, 4) is 0 Å². The fourth-order valence-corrected chi connectivity index (χ4v) is 2.66. The maximum absolute atomic E-state index is 12.9. The van der Waals surface area contributed by atoms with Crippen molar-refractivity contribution in [2.75, 3.05) is 5.32 Å². The number of hydrogen-bond donors (Lipinski definition) is 3. The van der Waals surface area contributed by atoms with Crippen molar-refractivity contribution in [1.82, 2.24) is 19.6 Å². The third kappa shape index (κ3) is 3.21. The van der Waals surface area contributed by atoms with Crippen LogP contribution in [0.3, 0.4) is 0 Å². The van der Waals surface area contributed by atoms with E-state index in [1.165, 1.54) is 17.1 Å². The SMILES string of the molecule is CC(C)(C)c1c(/C(C=N)=C/Nc2ccccc2)[nH]c2ncnn2c1=O. The van der Waals surface area contributed by atoms with Crippen LogP contribution in [0.2, 0.25) is 0 Å². The molecule has 3 N–H and O–H groups in total. The molecule has 0 spiro atoms. The maximum Gasteiger partial charge on any atom is 0.279 e. The van der Waals surface area contributed by atoms with E-state index in [1.807, 2.05) is 51.1 Å². The molecule has 0 fully saturated rings. The van der Waals surface area contributed by atoms with Gasteiger partial charge in [-0.3, -0.25) is 4.79 Å². The molecule has 0 radical (unpaired) electrons. The molecule has 0 bridgehead atoms. The average molecular weight is 336 g/mol. The van der Waals surface area contributed by atoms with Crippen LogP contribution in [0, 0.1) is 5.41 Å². The molecule has 7 nitrogen and oxygen atoms in total. The average Bonchev–Trinajstić information content (AvgIpc) is 3.04. The Bertz CT molecular complexity index is 992. The van der Waals surface area contributed by atoms with E-state index < -0.39 is 5.41 Å². The molecule has 2 aromatic heterocycles. The summed E-state index contributed by atoms with van der Waals surface area (Å²) in [5.41, 5.74) is 1.90. The Kier molecular flexibility index (Phi) is 4.22. The molecule has 0 saturated heterocycles. The molecule has 0 unspecified atom stereocenters. The van der Waals surface area contributed by atoms with Gasteiger partial charge in [0.15, 0.2) is 0 Å². The van der Waals surface area contributed by atoms with E-state index in [0.717, 1.165) is 5.69 Å². The van der Waals surface area contributed by atoms with Gasteiger partial charge >= 0.3 is 0 Å². The number of fused-ring (bicyclic) bond motifs is 1. The normalized spacial score (nSPS) is 12.4. The topological polar surface area (TPSA) is 98.9 Å². The number of nitrogens with zero attached hydrogens (tertiary/aromatic N) is 3. The summed E-state index contributed by atoms with van der Waals surface area (Å²) in [7, 11) is 0. The number of para-hydroxylation sites is 1. The first kappa shape index (κ1) is 16.6. The summed E-state index contributed by atoms with van der Waals surface area (Å²) in [6.45, 7) is 5.86. The molecule has 0 aliphatic carbocycles. The van der Waals surface area contributed by atoms with Crippen LogP contribution >= 0.6 is 0 Å². The van der Waals surface area contributed by atoms with Crippen molar-refractivity contribution >= 4 is 23.3 Å². The Labute approximate surface area is 144 Å². The highest BCUT2D eigenvalue weighted by molar-refractivity contribution is 6.08. The van der Waals surface area contributed by atoms with Crippen LogP contribution in [0.25, 0.3) is 11.4 Å². The summed E-state index contributed by atoms with van der Waals surface area (Å²) < 4.78 is 1.25. The molecule has 128 valence electrons. The Hall–Kier alpha value is -3.22. The lowest BCUT2D eigenvalue weighted by Gasteiger charge is -2.22. The molecule has 3 aromatic rings. The minimum atomic E-state index is -0.433. The van der Waals surface area contributed by atoms with Gasteiger partial charge in [-0.2, -0.15) is 14.6 Å². The number of hydrogen-bond acceptors (Lipinski definition) is 5. The molecule has 25 heavy (non-hydrogen) atoms. The van der Waals surface area contributed by atoms with Crippen molar-refractivity contribution in [3.05, 3.63) is 64.5 Å². The van der Waals surface area contributed by atoms with Crippen LogP contribution in [0.15, 0.2) is 47.7 Å². The minimum absolute atomic E-state index is 0.235. The second-order valence-corrected chi connectivity index (χ2v) is 6.68. The lowest BCUT2D eigenvalue weighted by molar-refractivity contribution is 0.571. The highest BCUT2D eigenvalue weighted by Crippen LogP contribution is 2.26. The molecule has 0 aliphatic heterocycles. The first-order chi connectivity index (χ1) is 11.9. The van der Waals surface area contributed by atoms with Gasteiger partial charge in [0.05, 0.1) is 5.69 Å². The number of allylic oxidation sites excluding steroid dienone is 1. The summed E-state index contributed by atoms with van der Waals surface area (Å²) >= 11 is 0. The molecular weight excluding hydrogens is 316 g/mol. The standard InChI is InChI=1S/C18H20N6O/c1-18(2,3)14-15(23-17-21-11-22-24(17)16(14)25)12(9-19)10-20-13-7-5-4-6-8-13/h4-11,19-20H,1-3H3,(H,21,22,23)/b12-10+,19-9?. The van der Waals surface area contributed by atoms with E-state index in [4.69, 9.17) is 5.41 Å². The molecular formula is C18H20N6O. The molecule has 3 rings (SSSR count). The van der Waals surface area contributed by atoms with Gasteiger partial charge in [-0.05, 0) is 17.5 Å². The van der Waals surface area contributed by atoms with Crippen molar-refractivity contribution < 1.29 is 0 Å². The van der Waals surface area contributed by atoms with Gasteiger partial charge in [-0.15, -0.1) is 0 Å². The highest BCUT2D eigenvalue weighted by Gasteiger charge is 2.26. The lowest BCUT2D eigenvalue weighted by atomic mass is 9.85. The Balaban J connectivity index is 2.18. The van der Waals surface area contributed by atoms with E-state index in [-0.39, 0.29) is 5.56 Å². The minimum Gasteiger partial charge on any atom is -0.361 e. The predicted octanol–water partition coefficient (Wildman–Crippen LogP) is 2.82. The second kappa shape index (κ2) is 6.35. The zero-order valence-electron chi connectivity index (χ0n) is 14.4. The van der Waals surface area contributed by atoms with Gasteiger partial charge in [0.1, 0.15) is 6.33 Å². The lowest BCUT2D eigenvalue weighted by Crippen LogP contribution is -2.31. The summed E-state index contributed by atoms with van der Waals surface area (Å²) in [6.07, 6.45) is 4.25. The Morgan fingerprint density at radius 3 is 2.64 bits per heavy atom. The van der Waals surface area contributed by atoms with Crippen molar-refractivity contribution in [2.45, 2.75) is 26.2 Å². The van der Waals surface area contributed by atoms with Crippen LogP contribution in [0.5, 0.6) is 0 Å². The van der Waals surface area contributed by atoms with Gasteiger partial charge < -0.3 is 15.7 Å². The summed E-state index contributed by atoms with van der Waals surface area (Å²) in [4.78, 5) is 20.1. The number of rotatable bonds is 4. The third-order valence-electron chi connectivity index (χ3n) is 3.80. The molecule has 2 heterocycles. The summed E-state index contributed by atoms with van der Waals surface area (Å²) in [5, 5.41) is 14.9. The third-order valence-corrected chi connectivity index (χ3v) is 3.80. The largest absolute Gasteiger partial charge is 0.361 e. The van der Waals surface area contributed by atoms with Crippen molar-refractivity contribution in [2.24, 2.45) is 0 Å². The van der Waals surface area contributed by atoms with Gasteiger partial charge in [0, 0.05) is 29.2 Å². The maximum atomic E-state index is 12.9. The summed E-state index contributed by atoms with van der Waals surface area (Å²) in [6, 6.07) is 9.62. The highest BCUT2D eigenvalue weighted by atomic mass is 16.1. The molecule has 0 atom stereocenters. The molecule has 1 aromatic carbocycles. The van der Waals surface area contributed by atoms with E-state index in [0.29, 0.717) is 22.6 Å². The number of H-pyrrole nitrogens is 1. The first-order valence-corrected chi connectivity index (χ1v) is 7.91. The molecule has 0 amide bonds. The number of benzene rings is 1. The van der Waals surface area contributed by atoms with Crippen LogP contribution in [0.1, 0.15) is 32.0 Å². The van der Waals surface area contributed by atoms with Crippen molar-refractivity contribution in [1.29, 1.82) is 5.41 Å². The van der Waals surface area contributed by atoms with Crippen LogP contribution in [-0.4, -0.2) is 25.8 Å².